The van der Waals surface area contributed by atoms with Gasteiger partial charge < -0.3 is 9.26 Å². The second-order valence-corrected chi connectivity index (χ2v) is 5.60. The van der Waals surface area contributed by atoms with E-state index in [-0.39, 0.29) is 12.6 Å². The van der Waals surface area contributed by atoms with E-state index >= 15 is 0 Å². The van der Waals surface area contributed by atoms with Gasteiger partial charge in [0.25, 0.3) is 5.89 Å². The lowest BCUT2D eigenvalue weighted by molar-refractivity contribution is 0.0429. The van der Waals surface area contributed by atoms with Gasteiger partial charge in [0.1, 0.15) is 0 Å². The van der Waals surface area contributed by atoms with E-state index in [0.717, 1.165) is 17.5 Å². The normalized spacial score (nSPS) is 10.9. The van der Waals surface area contributed by atoms with Gasteiger partial charge >= 0.3 is 5.97 Å². The summed E-state index contributed by atoms with van der Waals surface area (Å²) in [6, 6.07) is 5.68. The van der Waals surface area contributed by atoms with Crippen LogP contribution < -0.4 is 0 Å². The molecule has 0 aliphatic rings. The van der Waals surface area contributed by atoms with Crippen molar-refractivity contribution in [3.05, 3.63) is 46.6 Å². The fraction of sp³-hybridized carbons (Fsp3) is 0.438. The molecule has 0 N–H and O–H groups in total. The predicted octanol–water partition coefficient (Wildman–Crippen LogP) is 3.24. The van der Waals surface area contributed by atoms with E-state index in [9.17, 15) is 4.79 Å². The van der Waals surface area contributed by atoms with Crippen LogP contribution in [-0.2, 0) is 17.8 Å². The molecule has 0 amide bonds. The Morgan fingerprint density at radius 3 is 2.81 bits per heavy atom. The minimum Gasteiger partial charge on any atom is -0.452 e. The number of aromatic nitrogens is 2. The summed E-state index contributed by atoms with van der Waals surface area (Å²) in [5.74, 6) is 1.04. The molecule has 0 bridgehead atoms. The van der Waals surface area contributed by atoms with Gasteiger partial charge in [-0.1, -0.05) is 36.7 Å². The van der Waals surface area contributed by atoms with Crippen LogP contribution in [0.2, 0.25) is 0 Å². The van der Waals surface area contributed by atoms with Crippen LogP contribution in [0.25, 0.3) is 0 Å². The lowest BCUT2D eigenvalue weighted by Gasteiger charge is -2.06. The number of ether oxygens (including phenoxy) is 1. The van der Waals surface area contributed by atoms with Crippen LogP contribution in [0, 0.1) is 19.8 Å². The molecule has 1 heterocycles. The summed E-state index contributed by atoms with van der Waals surface area (Å²) in [6.45, 7) is 7.97. The van der Waals surface area contributed by atoms with Gasteiger partial charge in [-0.05, 0) is 31.4 Å². The van der Waals surface area contributed by atoms with Crippen LogP contribution in [-0.4, -0.2) is 16.1 Å². The molecule has 1 aromatic heterocycles. The van der Waals surface area contributed by atoms with Crippen molar-refractivity contribution in [1.82, 2.24) is 10.1 Å². The van der Waals surface area contributed by atoms with Crippen LogP contribution >= 0.6 is 0 Å². The van der Waals surface area contributed by atoms with Gasteiger partial charge in [-0.3, -0.25) is 0 Å². The van der Waals surface area contributed by atoms with Gasteiger partial charge in [-0.25, -0.2) is 4.79 Å². The molecule has 5 nitrogen and oxygen atoms in total. The standard InChI is InChI=1S/C16H20N2O3/c1-10(2)7-14-17-15(21-18-14)9-20-16(19)13-8-11(3)5-6-12(13)4/h5-6,8,10H,7,9H2,1-4H3. The van der Waals surface area contributed by atoms with E-state index in [1.54, 1.807) is 0 Å². The third-order valence-corrected chi connectivity index (χ3v) is 3.04. The summed E-state index contributed by atoms with van der Waals surface area (Å²) < 4.78 is 10.3. The van der Waals surface area contributed by atoms with Crippen molar-refractivity contribution in [3.8, 4) is 0 Å². The molecule has 0 aliphatic heterocycles. The molecule has 0 saturated carbocycles. The van der Waals surface area contributed by atoms with E-state index in [1.165, 1.54) is 0 Å². The highest BCUT2D eigenvalue weighted by Crippen LogP contribution is 2.13. The van der Waals surface area contributed by atoms with Crippen LogP contribution in [0.15, 0.2) is 22.7 Å². The molecule has 0 aliphatic carbocycles. The summed E-state index contributed by atoms with van der Waals surface area (Å²) in [4.78, 5) is 16.3. The maximum atomic E-state index is 12.1. The highest BCUT2D eigenvalue weighted by atomic mass is 16.6. The molecule has 112 valence electrons. The number of carbonyl (C=O) groups is 1. The van der Waals surface area contributed by atoms with Crippen LogP contribution in [0.3, 0.4) is 0 Å². The van der Waals surface area contributed by atoms with Crippen molar-refractivity contribution in [3.63, 3.8) is 0 Å². The minimum atomic E-state index is -0.375. The average Bonchev–Trinajstić information content (AvgIpc) is 2.85. The molecule has 0 unspecified atom stereocenters. The van der Waals surface area contributed by atoms with E-state index in [0.29, 0.717) is 23.2 Å². The molecule has 0 spiro atoms. The smallest absolute Gasteiger partial charge is 0.338 e. The Morgan fingerprint density at radius 2 is 2.10 bits per heavy atom. The molecule has 1 aromatic carbocycles. The number of rotatable bonds is 5. The molecule has 0 atom stereocenters. The first kappa shape index (κ1) is 15.2. The summed E-state index contributed by atoms with van der Waals surface area (Å²) >= 11 is 0. The Hall–Kier alpha value is -2.17. The maximum absolute atomic E-state index is 12.1. The maximum Gasteiger partial charge on any atom is 0.338 e. The molecule has 0 radical (unpaired) electrons. The number of esters is 1. The van der Waals surface area contributed by atoms with Crippen molar-refractivity contribution in [1.29, 1.82) is 0 Å². The van der Waals surface area contributed by atoms with Crippen molar-refractivity contribution in [2.24, 2.45) is 5.92 Å². The molecule has 0 saturated heterocycles. The molecular weight excluding hydrogens is 268 g/mol. The Morgan fingerprint density at radius 1 is 1.33 bits per heavy atom. The third kappa shape index (κ3) is 4.15. The Bertz CT molecular complexity index is 632. The number of benzene rings is 1. The first-order chi connectivity index (χ1) is 9.95. The lowest BCUT2D eigenvalue weighted by atomic mass is 10.1. The molecule has 5 heteroatoms. The summed E-state index contributed by atoms with van der Waals surface area (Å²) in [7, 11) is 0. The van der Waals surface area contributed by atoms with E-state index in [1.807, 2.05) is 32.0 Å². The largest absolute Gasteiger partial charge is 0.452 e. The molecule has 2 rings (SSSR count). The molecule has 0 fully saturated rings. The van der Waals surface area contributed by atoms with Crippen LogP contribution in [0.4, 0.5) is 0 Å². The Kier molecular flexibility index (Phi) is 4.73. The number of hydrogen-bond acceptors (Lipinski definition) is 5. The molecular formula is C16H20N2O3. The van der Waals surface area contributed by atoms with E-state index in [2.05, 4.69) is 24.0 Å². The Balaban J connectivity index is 1.97. The van der Waals surface area contributed by atoms with E-state index in [4.69, 9.17) is 9.26 Å². The number of carbonyl (C=O) groups excluding carboxylic acids is 1. The van der Waals surface area contributed by atoms with Gasteiger partial charge in [0.05, 0.1) is 5.56 Å². The van der Waals surface area contributed by atoms with Gasteiger partial charge in [-0.2, -0.15) is 4.98 Å². The minimum absolute atomic E-state index is 0.00267. The highest BCUT2D eigenvalue weighted by Gasteiger charge is 2.14. The van der Waals surface area contributed by atoms with E-state index < -0.39 is 0 Å². The fourth-order valence-corrected chi connectivity index (χ4v) is 1.96. The zero-order chi connectivity index (χ0) is 15.4. The van der Waals surface area contributed by atoms with Gasteiger partial charge in [0, 0.05) is 6.42 Å². The summed E-state index contributed by atoms with van der Waals surface area (Å²) in [5, 5.41) is 3.86. The molecule has 2 aromatic rings. The predicted molar refractivity (Wildman–Crippen MR) is 77.9 cm³/mol. The number of hydrogen-bond donors (Lipinski definition) is 0. The topological polar surface area (TPSA) is 65.2 Å². The highest BCUT2D eigenvalue weighted by molar-refractivity contribution is 5.91. The zero-order valence-corrected chi connectivity index (χ0v) is 12.8. The Labute approximate surface area is 124 Å². The number of aryl methyl sites for hydroxylation is 2. The zero-order valence-electron chi connectivity index (χ0n) is 12.8. The van der Waals surface area contributed by atoms with Crippen LogP contribution in [0.1, 0.15) is 47.0 Å². The fourth-order valence-electron chi connectivity index (χ4n) is 1.96. The van der Waals surface area contributed by atoms with Crippen molar-refractivity contribution in [2.75, 3.05) is 0 Å². The number of nitrogens with zero attached hydrogens (tertiary/aromatic N) is 2. The summed E-state index contributed by atoms with van der Waals surface area (Å²) in [6.07, 6.45) is 0.744. The van der Waals surface area contributed by atoms with Crippen molar-refractivity contribution in [2.45, 2.75) is 40.7 Å². The SMILES string of the molecule is Cc1ccc(C)c(C(=O)OCc2nc(CC(C)C)no2)c1. The summed E-state index contributed by atoms with van der Waals surface area (Å²) in [5.41, 5.74) is 2.47. The van der Waals surface area contributed by atoms with Gasteiger partial charge in [-0.15, -0.1) is 0 Å². The second kappa shape index (κ2) is 6.52. The first-order valence-corrected chi connectivity index (χ1v) is 7.01. The van der Waals surface area contributed by atoms with Crippen LogP contribution in [0.5, 0.6) is 0 Å². The van der Waals surface area contributed by atoms with Crippen molar-refractivity contribution >= 4 is 5.97 Å². The average molecular weight is 288 g/mol. The lowest BCUT2D eigenvalue weighted by Crippen LogP contribution is -2.07. The second-order valence-electron chi connectivity index (χ2n) is 5.60. The van der Waals surface area contributed by atoms with Gasteiger partial charge in [0.15, 0.2) is 12.4 Å². The first-order valence-electron chi connectivity index (χ1n) is 7.01. The monoisotopic (exact) mass is 288 g/mol. The van der Waals surface area contributed by atoms with Crippen molar-refractivity contribution < 1.29 is 14.1 Å². The quantitative estimate of drug-likeness (QED) is 0.790. The third-order valence-electron chi connectivity index (χ3n) is 3.04. The molecule has 21 heavy (non-hydrogen) atoms. The van der Waals surface area contributed by atoms with Gasteiger partial charge in [0.2, 0.25) is 0 Å².